The summed E-state index contributed by atoms with van der Waals surface area (Å²) in [5, 5.41) is 12.7. The fraction of sp³-hybridized carbons (Fsp3) is 0.519. The van der Waals surface area contributed by atoms with Gasteiger partial charge in [0.2, 0.25) is 5.91 Å². The number of carboxylic acids is 1. The number of amides is 1. The van der Waals surface area contributed by atoms with Crippen molar-refractivity contribution in [1.29, 1.82) is 0 Å². The SMILES string of the molecule is O=C(O)CC(CC1CCN(C(=O)CCc2ccc3c(n2)NCCC3)CC1)c1cccc(C(F)(F)F)c1. The molecule has 1 fully saturated rings. The molecular formula is C27H32F3N3O3. The molecule has 6 nitrogen and oxygen atoms in total. The summed E-state index contributed by atoms with van der Waals surface area (Å²) in [5.41, 5.74) is 1.74. The van der Waals surface area contributed by atoms with Crippen LogP contribution in [0.1, 0.15) is 66.8 Å². The van der Waals surface area contributed by atoms with E-state index in [9.17, 15) is 27.9 Å². The van der Waals surface area contributed by atoms with Crippen LogP contribution in [0.4, 0.5) is 19.0 Å². The Morgan fingerprint density at radius 1 is 1.17 bits per heavy atom. The van der Waals surface area contributed by atoms with Gasteiger partial charge in [0.05, 0.1) is 12.0 Å². The first-order chi connectivity index (χ1) is 17.2. The average Bonchev–Trinajstić information content (AvgIpc) is 2.86. The van der Waals surface area contributed by atoms with Gasteiger partial charge in [-0.15, -0.1) is 0 Å². The predicted molar refractivity (Wildman–Crippen MR) is 130 cm³/mol. The van der Waals surface area contributed by atoms with E-state index in [1.54, 1.807) is 6.07 Å². The second kappa shape index (κ2) is 11.3. The molecule has 1 aromatic carbocycles. The standard InChI is InChI=1S/C27H32F3N3O3/c28-27(29,30)22-5-1-3-20(16-22)21(17-25(35)36)15-18-10-13-33(14-11-18)24(34)9-8-23-7-6-19-4-2-12-31-26(19)32-23/h1,3,5-7,16,18,21H,2,4,8-15,17H2,(H,31,32)(H,35,36). The van der Waals surface area contributed by atoms with Crippen LogP contribution in [0.15, 0.2) is 36.4 Å². The van der Waals surface area contributed by atoms with Gasteiger partial charge in [0.25, 0.3) is 0 Å². The van der Waals surface area contributed by atoms with Crippen LogP contribution in [0.5, 0.6) is 0 Å². The summed E-state index contributed by atoms with van der Waals surface area (Å²) in [6.07, 6.45) is 0.283. The Balaban J connectivity index is 1.30. The van der Waals surface area contributed by atoms with E-state index in [4.69, 9.17) is 0 Å². The fourth-order valence-electron chi connectivity index (χ4n) is 5.24. The minimum Gasteiger partial charge on any atom is -0.481 e. The van der Waals surface area contributed by atoms with Gasteiger partial charge in [-0.2, -0.15) is 13.2 Å². The molecule has 9 heteroatoms. The molecule has 1 atom stereocenters. The topological polar surface area (TPSA) is 82.5 Å². The Hall–Kier alpha value is -3.10. The van der Waals surface area contributed by atoms with E-state index in [1.807, 2.05) is 11.0 Å². The molecule has 3 heterocycles. The molecular weight excluding hydrogens is 471 g/mol. The highest BCUT2D eigenvalue weighted by molar-refractivity contribution is 5.76. The van der Waals surface area contributed by atoms with Gasteiger partial charge in [-0.05, 0) is 73.6 Å². The van der Waals surface area contributed by atoms with Gasteiger partial charge in [0, 0.05) is 31.7 Å². The molecule has 0 spiro atoms. The molecule has 1 amide bonds. The van der Waals surface area contributed by atoms with Gasteiger partial charge < -0.3 is 15.3 Å². The number of benzene rings is 1. The number of rotatable bonds is 8. The summed E-state index contributed by atoms with van der Waals surface area (Å²) in [6, 6.07) is 9.05. The molecule has 0 saturated carbocycles. The summed E-state index contributed by atoms with van der Waals surface area (Å²) in [4.78, 5) is 30.7. The lowest BCUT2D eigenvalue weighted by molar-refractivity contribution is -0.138. The van der Waals surface area contributed by atoms with E-state index in [0.717, 1.165) is 43.0 Å². The van der Waals surface area contributed by atoms with Crippen molar-refractivity contribution in [2.24, 2.45) is 5.92 Å². The molecule has 2 aliphatic heterocycles. The lowest BCUT2D eigenvalue weighted by atomic mass is 9.82. The molecule has 2 N–H and O–H groups in total. The number of aromatic nitrogens is 1. The van der Waals surface area contributed by atoms with Crippen molar-refractivity contribution in [3.8, 4) is 0 Å². The largest absolute Gasteiger partial charge is 0.481 e. The number of hydrogen-bond acceptors (Lipinski definition) is 4. The molecule has 1 unspecified atom stereocenters. The number of carbonyl (C=O) groups excluding carboxylic acids is 1. The lowest BCUT2D eigenvalue weighted by Crippen LogP contribution is -2.39. The third kappa shape index (κ3) is 6.77. The number of pyridine rings is 1. The molecule has 4 rings (SSSR count). The van der Waals surface area contributed by atoms with Crippen molar-refractivity contribution in [1.82, 2.24) is 9.88 Å². The van der Waals surface area contributed by atoms with E-state index in [-0.39, 0.29) is 18.2 Å². The first kappa shape index (κ1) is 26.0. The van der Waals surface area contributed by atoms with Crippen LogP contribution < -0.4 is 5.32 Å². The molecule has 1 aromatic heterocycles. The summed E-state index contributed by atoms with van der Waals surface area (Å²) in [5.74, 6) is -0.386. The molecule has 0 radical (unpaired) electrons. The van der Waals surface area contributed by atoms with Gasteiger partial charge in [-0.25, -0.2) is 4.98 Å². The van der Waals surface area contributed by atoms with Crippen LogP contribution in [0.3, 0.4) is 0 Å². The normalized spacial score (nSPS) is 17.2. The Bertz CT molecular complexity index is 1080. The number of anilines is 1. The zero-order chi connectivity index (χ0) is 25.7. The summed E-state index contributed by atoms with van der Waals surface area (Å²) >= 11 is 0. The first-order valence-electron chi connectivity index (χ1n) is 12.6. The maximum atomic E-state index is 13.2. The highest BCUT2D eigenvalue weighted by Gasteiger charge is 2.32. The maximum Gasteiger partial charge on any atom is 0.416 e. The van der Waals surface area contributed by atoms with Crippen LogP contribution in [-0.2, 0) is 28.6 Å². The lowest BCUT2D eigenvalue weighted by Gasteiger charge is -2.34. The van der Waals surface area contributed by atoms with Crippen molar-refractivity contribution in [3.05, 3.63) is 58.8 Å². The third-order valence-electron chi connectivity index (χ3n) is 7.24. The highest BCUT2D eigenvalue weighted by Crippen LogP contribution is 2.36. The van der Waals surface area contributed by atoms with Gasteiger partial charge >= 0.3 is 12.1 Å². The van der Waals surface area contributed by atoms with E-state index in [1.165, 1.54) is 11.6 Å². The first-order valence-corrected chi connectivity index (χ1v) is 12.6. The van der Waals surface area contributed by atoms with Gasteiger partial charge in [0.1, 0.15) is 5.82 Å². The van der Waals surface area contributed by atoms with Crippen LogP contribution >= 0.6 is 0 Å². The quantitative estimate of drug-likeness (QED) is 0.512. The fourth-order valence-corrected chi connectivity index (χ4v) is 5.24. The number of nitrogens with zero attached hydrogens (tertiary/aromatic N) is 2. The number of carbonyl (C=O) groups is 2. The number of aliphatic carboxylic acids is 1. The smallest absolute Gasteiger partial charge is 0.416 e. The van der Waals surface area contributed by atoms with Crippen LogP contribution in [0.2, 0.25) is 0 Å². The summed E-state index contributed by atoms with van der Waals surface area (Å²) in [7, 11) is 0. The van der Waals surface area contributed by atoms with Crippen molar-refractivity contribution in [2.45, 2.75) is 63.5 Å². The molecule has 0 aliphatic carbocycles. The Morgan fingerprint density at radius 2 is 1.94 bits per heavy atom. The molecule has 194 valence electrons. The Morgan fingerprint density at radius 3 is 2.67 bits per heavy atom. The Kier molecular flexibility index (Phi) is 8.16. The minimum atomic E-state index is -4.47. The number of alkyl halides is 3. The minimum absolute atomic E-state index is 0.0703. The van der Waals surface area contributed by atoms with Crippen molar-refractivity contribution in [2.75, 3.05) is 25.0 Å². The second-order valence-electron chi connectivity index (χ2n) is 9.82. The third-order valence-corrected chi connectivity index (χ3v) is 7.24. The number of carboxylic acid groups (broad SMARTS) is 1. The van der Waals surface area contributed by atoms with E-state index in [0.29, 0.717) is 50.8 Å². The van der Waals surface area contributed by atoms with Crippen LogP contribution in [0, 0.1) is 5.92 Å². The number of likely N-dealkylation sites (tertiary alicyclic amines) is 1. The van der Waals surface area contributed by atoms with Crippen molar-refractivity contribution in [3.63, 3.8) is 0 Å². The van der Waals surface area contributed by atoms with Crippen molar-refractivity contribution >= 4 is 17.7 Å². The second-order valence-corrected chi connectivity index (χ2v) is 9.82. The van der Waals surface area contributed by atoms with Gasteiger partial charge in [-0.1, -0.05) is 24.3 Å². The number of piperidine rings is 1. The van der Waals surface area contributed by atoms with E-state index < -0.39 is 23.6 Å². The number of nitrogens with one attached hydrogen (secondary N) is 1. The van der Waals surface area contributed by atoms with Gasteiger partial charge in [0.15, 0.2) is 0 Å². The summed E-state index contributed by atoms with van der Waals surface area (Å²) in [6.45, 7) is 2.06. The monoisotopic (exact) mass is 503 g/mol. The molecule has 0 bridgehead atoms. The average molecular weight is 504 g/mol. The molecule has 1 saturated heterocycles. The zero-order valence-corrected chi connectivity index (χ0v) is 20.2. The maximum absolute atomic E-state index is 13.2. The Labute approximate surface area is 208 Å². The number of halogens is 3. The highest BCUT2D eigenvalue weighted by atomic mass is 19.4. The molecule has 2 aromatic rings. The van der Waals surface area contributed by atoms with Crippen molar-refractivity contribution < 1.29 is 27.9 Å². The van der Waals surface area contributed by atoms with Gasteiger partial charge in [-0.3, -0.25) is 9.59 Å². The molecule has 36 heavy (non-hydrogen) atoms. The molecule has 2 aliphatic rings. The van der Waals surface area contributed by atoms with Crippen LogP contribution in [0.25, 0.3) is 0 Å². The van der Waals surface area contributed by atoms with E-state index >= 15 is 0 Å². The zero-order valence-electron chi connectivity index (χ0n) is 20.2. The summed E-state index contributed by atoms with van der Waals surface area (Å²) < 4.78 is 39.5. The number of hydrogen-bond donors (Lipinski definition) is 2. The van der Waals surface area contributed by atoms with E-state index in [2.05, 4.69) is 16.4 Å². The van der Waals surface area contributed by atoms with Crippen LogP contribution in [-0.4, -0.2) is 46.5 Å². The number of fused-ring (bicyclic) bond motifs is 1. The predicted octanol–water partition coefficient (Wildman–Crippen LogP) is 5.28. The number of aryl methyl sites for hydroxylation is 2.